The second kappa shape index (κ2) is 10.2. The average molecular weight is 337 g/mol. The Hall–Kier alpha value is 0.376. The summed E-state index contributed by atoms with van der Waals surface area (Å²) in [5.41, 5.74) is 0. The first-order valence-electron chi connectivity index (χ1n) is 6.91. The molecule has 0 radical (unpaired) electrons. The van der Waals surface area contributed by atoms with Crippen LogP contribution in [0.4, 0.5) is 0 Å². The smallest absolute Gasteiger partial charge is 0.547 e. The van der Waals surface area contributed by atoms with E-state index in [1.807, 2.05) is 12.1 Å². The molecule has 1 heterocycles. The Labute approximate surface area is 172 Å². The van der Waals surface area contributed by atoms with Crippen LogP contribution in [-0.2, 0) is 9.53 Å². The predicted octanol–water partition coefficient (Wildman–Crippen LogP) is -0.809. The summed E-state index contributed by atoms with van der Waals surface area (Å²) >= 11 is 5.78. The number of rotatable bonds is 9. The maximum absolute atomic E-state index is 10.4. The second-order valence-corrected chi connectivity index (χ2v) is 5.36. The van der Waals surface area contributed by atoms with Crippen molar-refractivity contribution < 1.29 is 70.8 Å². The number of unbranched alkanes of at least 4 members (excludes halogenated alkanes) is 3. The van der Waals surface area contributed by atoms with E-state index in [0.29, 0.717) is 11.6 Å². The van der Waals surface area contributed by atoms with Crippen molar-refractivity contribution in [3.63, 3.8) is 0 Å². The Morgan fingerprint density at radius 1 is 1.19 bits per heavy atom. The van der Waals surface area contributed by atoms with Gasteiger partial charge in [0.15, 0.2) is 0 Å². The van der Waals surface area contributed by atoms with Gasteiger partial charge in [0.25, 0.3) is 0 Å². The van der Waals surface area contributed by atoms with Crippen molar-refractivity contribution in [2.24, 2.45) is 0 Å². The van der Waals surface area contributed by atoms with Crippen LogP contribution in [-0.4, -0.2) is 24.8 Å². The number of carbonyl (C=O) groups is 1. The molecule has 1 aromatic rings. The summed E-state index contributed by atoms with van der Waals surface area (Å²) < 4.78 is 10.6. The van der Waals surface area contributed by atoms with Gasteiger partial charge in [-0.15, -0.1) is 0 Å². The average Bonchev–Trinajstić information content (AvgIpc) is 3.19. The first kappa shape index (κ1) is 19.4. The zero-order valence-electron chi connectivity index (χ0n) is 12.2. The molecule has 0 spiro atoms. The summed E-state index contributed by atoms with van der Waals surface area (Å²) in [6, 6.07) is 7.32. The van der Waals surface area contributed by atoms with Gasteiger partial charge in [0.05, 0.1) is 18.7 Å². The molecular weight excluding hydrogens is 319 g/mol. The third kappa shape index (κ3) is 7.46. The van der Waals surface area contributed by atoms with E-state index in [-0.39, 0.29) is 57.5 Å². The minimum absolute atomic E-state index is 0. The molecule has 21 heavy (non-hydrogen) atoms. The number of epoxide rings is 1. The number of benzene rings is 1. The molecule has 0 unspecified atom stereocenters. The summed E-state index contributed by atoms with van der Waals surface area (Å²) in [6.45, 7) is 0.684. The number of ether oxygens (including phenoxy) is 2. The Kier molecular flexibility index (Phi) is 9.44. The summed E-state index contributed by atoms with van der Waals surface area (Å²) in [5.74, 6) is -0.260. The minimum atomic E-state index is -1.09. The van der Waals surface area contributed by atoms with Crippen molar-refractivity contribution in [3.8, 4) is 5.75 Å². The molecular formula is C15H18ClKO4. The summed E-state index contributed by atoms with van der Waals surface area (Å²) in [7, 11) is 0. The summed E-state index contributed by atoms with van der Waals surface area (Å²) in [4.78, 5) is 10.4. The van der Waals surface area contributed by atoms with Crippen LogP contribution in [0, 0.1) is 0 Å². The van der Waals surface area contributed by atoms with E-state index in [1.54, 1.807) is 12.1 Å². The molecule has 1 fully saturated rings. The van der Waals surface area contributed by atoms with Crippen LogP contribution in [0.2, 0.25) is 5.02 Å². The third-order valence-corrected chi connectivity index (χ3v) is 3.53. The van der Waals surface area contributed by atoms with E-state index < -0.39 is 12.1 Å². The SMILES string of the molecule is O=C([O-])[C@@H]1O[C@@H]1CCCCCCOc1ccc(Cl)cc1.[K+]. The minimum Gasteiger partial charge on any atom is -0.547 e. The molecule has 0 bridgehead atoms. The zero-order chi connectivity index (χ0) is 14.4. The van der Waals surface area contributed by atoms with Gasteiger partial charge in [-0.3, -0.25) is 0 Å². The molecule has 110 valence electrons. The van der Waals surface area contributed by atoms with E-state index in [2.05, 4.69) is 0 Å². The fourth-order valence-corrected chi connectivity index (χ4v) is 2.22. The topological polar surface area (TPSA) is 61.9 Å². The van der Waals surface area contributed by atoms with Crippen LogP contribution in [0.15, 0.2) is 24.3 Å². The number of hydrogen-bond acceptors (Lipinski definition) is 4. The van der Waals surface area contributed by atoms with E-state index in [4.69, 9.17) is 21.1 Å². The number of carboxylic acids is 1. The standard InChI is InChI=1S/C15H19ClO4.K/c16-11-6-8-12(9-7-11)19-10-4-2-1-3-5-13-14(20-13)15(17)18;/h6-9,13-14H,1-5,10H2,(H,17,18);/q;+1/p-1/t13-,14-;/m1./s1. The van der Waals surface area contributed by atoms with Gasteiger partial charge in [0.1, 0.15) is 11.9 Å². The number of carboxylic acid groups (broad SMARTS) is 1. The van der Waals surface area contributed by atoms with Gasteiger partial charge < -0.3 is 19.4 Å². The van der Waals surface area contributed by atoms with E-state index in [1.165, 1.54) is 0 Å². The molecule has 2 rings (SSSR count). The Morgan fingerprint density at radius 2 is 1.86 bits per heavy atom. The third-order valence-electron chi connectivity index (χ3n) is 3.28. The van der Waals surface area contributed by atoms with Gasteiger partial charge in [-0.2, -0.15) is 0 Å². The Bertz CT molecular complexity index is 438. The molecule has 6 heteroatoms. The summed E-state index contributed by atoms with van der Waals surface area (Å²) in [5, 5.41) is 11.1. The molecule has 1 aromatic carbocycles. The number of hydrogen-bond donors (Lipinski definition) is 0. The number of aliphatic carboxylic acids is 1. The van der Waals surface area contributed by atoms with Crippen molar-refractivity contribution in [2.75, 3.05) is 6.61 Å². The predicted molar refractivity (Wildman–Crippen MR) is 73.7 cm³/mol. The normalized spacial score (nSPS) is 19.7. The van der Waals surface area contributed by atoms with E-state index in [9.17, 15) is 9.90 Å². The second-order valence-electron chi connectivity index (χ2n) is 4.92. The maximum Gasteiger partial charge on any atom is 1.00 e. The molecule has 1 saturated heterocycles. The van der Waals surface area contributed by atoms with Gasteiger partial charge in [-0.25, -0.2) is 0 Å². The van der Waals surface area contributed by atoms with E-state index >= 15 is 0 Å². The maximum atomic E-state index is 10.4. The van der Waals surface area contributed by atoms with Gasteiger partial charge in [-0.1, -0.05) is 30.9 Å². The van der Waals surface area contributed by atoms with Crippen LogP contribution in [0.3, 0.4) is 0 Å². The monoisotopic (exact) mass is 336 g/mol. The first-order valence-corrected chi connectivity index (χ1v) is 7.29. The quantitative estimate of drug-likeness (QED) is 0.336. The van der Waals surface area contributed by atoms with Crippen LogP contribution in [0.5, 0.6) is 5.75 Å². The van der Waals surface area contributed by atoms with Crippen LogP contribution in [0.1, 0.15) is 32.1 Å². The van der Waals surface area contributed by atoms with E-state index in [0.717, 1.165) is 37.9 Å². The summed E-state index contributed by atoms with van der Waals surface area (Å²) in [6.07, 6.45) is 4.11. The number of carbonyl (C=O) groups excluding carboxylic acids is 1. The molecule has 0 aromatic heterocycles. The van der Waals surface area contributed by atoms with Gasteiger partial charge in [-0.05, 0) is 37.1 Å². The molecule has 0 N–H and O–H groups in total. The molecule has 0 aliphatic carbocycles. The van der Waals surface area contributed by atoms with Crippen LogP contribution >= 0.6 is 11.6 Å². The molecule has 1 aliphatic rings. The molecule has 0 amide bonds. The van der Waals surface area contributed by atoms with Gasteiger partial charge in [0, 0.05) is 5.02 Å². The van der Waals surface area contributed by atoms with Crippen molar-refractivity contribution in [1.82, 2.24) is 0 Å². The van der Waals surface area contributed by atoms with Crippen molar-refractivity contribution >= 4 is 17.6 Å². The van der Waals surface area contributed by atoms with Crippen LogP contribution < -0.4 is 61.2 Å². The molecule has 1 aliphatic heterocycles. The molecule has 0 saturated carbocycles. The van der Waals surface area contributed by atoms with Crippen LogP contribution in [0.25, 0.3) is 0 Å². The Balaban J connectivity index is 0.00000220. The van der Waals surface area contributed by atoms with Crippen molar-refractivity contribution in [3.05, 3.63) is 29.3 Å². The van der Waals surface area contributed by atoms with Crippen molar-refractivity contribution in [1.29, 1.82) is 0 Å². The van der Waals surface area contributed by atoms with Gasteiger partial charge >= 0.3 is 51.4 Å². The van der Waals surface area contributed by atoms with Crippen molar-refractivity contribution in [2.45, 2.75) is 44.3 Å². The van der Waals surface area contributed by atoms with Gasteiger partial charge in [0.2, 0.25) is 0 Å². The fraction of sp³-hybridized carbons (Fsp3) is 0.533. The molecule has 4 nitrogen and oxygen atoms in total. The largest absolute Gasteiger partial charge is 1.00 e. The molecule has 2 atom stereocenters. The number of halogens is 1. The Morgan fingerprint density at radius 3 is 2.48 bits per heavy atom. The fourth-order valence-electron chi connectivity index (χ4n) is 2.09. The first-order chi connectivity index (χ1) is 9.66. The zero-order valence-corrected chi connectivity index (χ0v) is 16.1.